The van der Waals surface area contributed by atoms with Crippen molar-refractivity contribution in [1.29, 1.82) is 0 Å². The van der Waals surface area contributed by atoms with Crippen molar-refractivity contribution in [2.24, 2.45) is 0 Å². The fraction of sp³-hybridized carbons (Fsp3) is 0. The molecule has 14 rings (SSSR count). The van der Waals surface area contributed by atoms with Crippen molar-refractivity contribution in [3.63, 3.8) is 0 Å². The van der Waals surface area contributed by atoms with Crippen LogP contribution in [0.2, 0.25) is 0 Å². The summed E-state index contributed by atoms with van der Waals surface area (Å²) in [7, 11) is 0. The number of rotatable bonds is 8. The molecular weight excluding hydrogens is 851 g/mol. The van der Waals surface area contributed by atoms with Crippen molar-refractivity contribution < 1.29 is 4.42 Å². The maximum absolute atomic E-state index is 6.16. The first kappa shape index (κ1) is 39.8. The molecule has 0 saturated heterocycles. The van der Waals surface area contributed by atoms with E-state index in [9.17, 15) is 0 Å². The normalized spacial score (nSPS) is 11.7. The highest BCUT2D eigenvalue weighted by Crippen LogP contribution is 2.41. The summed E-state index contributed by atoms with van der Waals surface area (Å²) in [5.74, 6) is 0. The lowest BCUT2D eigenvalue weighted by atomic mass is 10.0. The molecule has 328 valence electrons. The van der Waals surface area contributed by atoms with Gasteiger partial charge < -0.3 is 18.5 Å². The fourth-order valence-electron chi connectivity index (χ4n) is 10.8. The Morgan fingerprint density at radius 2 is 0.586 bits per heavy atom. The average Bonchev–Trinajstić information content (AvgIpc) is 4.09. The monoisotopic (exact) mass is 893 g/mol. The van der Waals surface area contributed by atoms with E-state index < -0.39 is 0 Å². The number of para-hydroxylation sites is 5. The van der Waals surface area contributed by atoms with E-state index in [1.165, 1.54) is 43.6 Å². The van der Waals surface area contributed by atoms with E-state index in [0.29, 0.717) is 0 Å². The van der Waals surface area contributed by atoms with E-state index in [1.807, 2.05) is 12.1 Å². The molecule has 0 fully saturated rings. The summed E-state index contributed by atoms with van der Waals surface area (Å²) < 4.78 is 10.9. The van der Waals surface area contributed by atoms with Crippen LogP contribution in [0.5, 0.6) is 0 Å². The van der Waals surface area contributed by atoms with Gasteiger partial charge in [0.1, 0.15) is 11.2 Å². The van der Waals surface area contributed by atoms with Crippen LogP contribution in [0.3, 0.4) is 0 Å². The molecule has 0 aliphatic rings. The van der Waals surface area contributed by atoms with Crippen molar-refractivity contribution in [3.8, 4) is 44.8 Å². The third-order valence-corrected chi connectivity index (χ3v) is 14.1. The Morgan fingerprint density at radius 3 is 1.01 bits per heavy atom. The minimum absolute atomic E-state index is 0.900. The molecular formula is C66H43N3O. The molecule has 70 heavy (non-hydrogen) atoms. The molecule has 3 aromatic heterocycles. The molecule has 0 radical (unpaired) electrons. The fourth-order valence-corrected chi connectivity index (χ4v) is 10.8. The van der Waals surface area contributed by atoms with E-state index in [2.05, 4.69) is 263 Å². The zero-order chi connectivity index (χ0) is 46.1. The summed E-state index contributed by atoms with van der Waals surface area (Å²) in [4.78, 5) is 2.35. The van der Waals surface area contributed by atoms with Crippen LogP contribution >= 0.6 is 0 Å². The second-order valence-corrected chi connectivity index (χ2v) is 18.1. The molecule has 4 heteroatoms. The number of aromatic nitrogens is 2. The van der Waals surface area contributed by atoms with Gasteiger partial charge in [-0.25, -0.2) is 0 Å². The SMILES string of the molecule is c1cc(-c2ccc(N(c3ccc(-c4cccc(-n5c6ccccc6c6ccccc65)c4)cc3)c3ccc(-c4ccc5oc6ccccc6c5c4)cc3)cc2)cc(-n2c3ccccc3c3ccccc32)c1. The Kier molecular flexibility index (Phi) is 9.17. The molecule has 0 bridgehead atoms. The second-order valence-electron chi connectivity index (χ2n) is 18.1. The van der Waals surface area contributed by atoms with Crippen LogP contribution in [0.25, 0.3) is 110 Å². The van der Waals surface area contributed by atoms with Crippen molar-refractivity contribution in [2.75, 3.05) is 4.90 Å². The number of nitrogens with zero attached hydrogens (tertiary/aromatic N) is 3. The third-order valence-electron chi connectivity index (χ3n) is 14.1. The summed E-state index contributed by atoms with van der Waals surface area (Å²) in [6, 6.07) is 94.2. The molecule has 0 aliphatic heterocycles. The van der Waals surface area contributed by atoms with Crippen LogP contribution in [0.1, 0.15) is 0 Å². The van der Waals surface area contributed by atoms with Crippen LogP contribution in [0.4, 0.5) is 17.1 Å². The number of hydrogen-bond donors (Lipinski definition) is 0. The lowest BCUT2D eigenvalue weighted by Crippen LogP contribution is -2.09. The van der Waals surface area contributed by atoms with Crippen LogP contribution in [-0.4, -0.2) is 9.13 Å². The lowest BCUT2D eigenvalue weighted by Gasteiger charge is -2.26. The smallest absolute Gasteiger partial charge is 0.135 e. The van der Waals surface area contributed by atoms with Crippen molar-refractivity contribution in [3.05, 3.63) is 261 Å². The average molecular weight is 894 g/mol. The van der Waals surface area contributed by atoms with Crippen molar-refractivity contribution in [2.45, 2.75) is 0 Å². The number of benzene rings is 11. The highest BCUT2D eigenvalue weighted by Gasteiger charge is 2.17. The summed E-state index contributed by atoms with van der Waals surface area (Å²) >= 11 is 0. The number of anilines is 3. The summed E-state index contributed by atoms with van der Waals surface area (Å²) in [6.45, 7) is 0. The molecule has 14 aromatic rings. The van der Waals surface area contributed by atoms with E-state index in [4.69, 9.17) is 4.42 Å². The predicted octanol–water partition coefficient (Wildman–Crippen LogP) is 18.3. The van der Waals surface area contributed by atoms with Gasteiger partial charge in [0, 0.05) is 60.8 Å². The van der Waals surface area contributed by atoms with Gasteiger partial charge in [-0.2, -0.15) is 0 Å². The Hall–Kier alpha value is -9.38. The summed E-state index contributed by atoms with van der Waals surface area (Å²) in [5, 5.41) is 7.29. The number of fused-ring (bicyclic) bond motifs is 9. The van der Waals surface area contributed by atoms with E-state index >= 15 is 0 Å². The largest absolute Gasteiger partial charge is 0.456 e. The highest BCUT2D eigenvalue weighted by molar-refractivity contribution is 6.10. The molecule has 11 aromatic carbocycles. The van der Waals surface area contributed by atoms with E-state index in [-0.39, 0.29) is 0 Å². The third kappa shape index (κ3) is 6.53. The molecule has 0 saturated carbocycles. The van der Waals surface area contributed by atoms with Gasteiger partial charge in [-0.1, -0.05) is 158 Å². The molecule has 0 unspecified atom stereocenters. The first-order valence-corrected chi connectivity index (χ1v) is 23.9. The van der Waals surface area contributed by atoms with Gasteiger partial charge in [-0.05, 0) is 137 Å². The quantitative estimate of drug-likeness (QED) is 0.152. The van der Waals surface area contributed by atoms with E-state index in [1.54, 1.807) is 0 Å². The van der Waals surface area contributed by atoms with Crippen LogP contribution < -0.4 is 4.90 Å². The van der Waals surface area contributed by atoms with Gasteiger partial charge in [0.15, 0.2) is 0 Å². The van der Waals surface area contributed by atoms with Crippen LogP contribution in [0, 0.1) is 0 Å². The van der Waals surface area contributed by atoms with Gasteiger partial charge in [0.25, 0.3) is 0 Å². The lowest BCUT2D eigenvalue weighted by molar-refractivity contribution is 0.669. The zero-order valence-electron chi connectivity index (χ0n) is 38.1. The van der Waals surface area contributed by atoms with Crippen LogP contribution in [-0.2, 0) is 0 Å². The topological polar surface area (TPSA) is 26.2 Å². The number of furan rings is 1. The molecule has 4 nitrogen and oxygen atoms in total. The maximum Gasteiger partial charge on any atom is 0.135 e. The zero-order valence-corrected chi connectivity index (χ0v) is 38.1. The summed E-state index contributed by atoms with van der Waals surface area (Å²) in [5.41, 5.74) is 19.0. The minimum atomic E-state index is 0.900. The predicted molar refractivity (Wildman–Crippen MR) is 293 cm³/mol. The van der Waals surface area contributed by atoms with Gasteiger partial charge in [0.05, 0.1) is 22.1 Å². The highest BCUT2D eigenvalue weighted by atomic mass is 16.3. The van der Waals surface area contributed by atoms with Gasteiger partial charge >= 0.3 is 0 Å². The molecule has 0 atom stereocenters. The Bertz CT molecular complexity index is 3980. The Balaban J connectivity index is 0.834. The first-order valence-electron chi connectivity index (χ1n) is 23.9. The van der Waals surface area contributed by atoms with Gasteiger partial charge in [0.2, 0.25) is 0 Å². The number of hydrogen-bond acceptors (Lipinski definition) is 2. The summed E-state index contributed by atoms with van der Waals surface area (Å²) in [6.07, 6.45) is 0. The van der Waals surface area contributed by atoms with Crippen molar-refractivity contribution >= 4 is 82.6 Å². The van der Waals surface area contributed by atoms with E-state index in [0.717, 1.165) is 83.8 Å². The molecule has 0 spiro atoms. The maximum atomic E-state index is 6.16. The first-order chi connectivity index (χ1) is 34.7. The minimum Gasteiger partial charge on any atom is -0.456 e. The molecule has 0 aliphatic carbocycles. The standard InChI is InChI=1S/C66H43N3O/c1-6-22-61-55(17-1)56-18-2-7-23-62(56)68(61)53-15-11-13-47(41-53)44-27-34-50(35-28-44)67(52-38-31-46(32-39-52)49-33-40-66-60(43-49)59-21-5-10-26-65(59)70-66)51-36-29-45(30-37-51)48-14-12-16-54(42-48)69-63-24-8-3-19-57(63)58-20-4-9-25-64(58)69/h1-43H. The molecule has 3 heterocycles. The molecule has 0 amide bonds. The van der Waals surface area contributed by atoms with Gasteiger partial charge in [-0.15, -0.1) is 0 Å². The Labute approximate surface area is 404 Å². The van der Waals surface area contributed by atoms with Gasteiger partial charge in [-0.3, -0.25) is 0 Å². The van der Waals surface area contributed by atoms with Crippen molar-refractivity contribution in [1.82, 2.24) is 9.13 Å². The Morgan fingerprint density at radius 1 is 0.243 bits per heavy atom. The van der Waals surface area contributed by atoms with Crippen LogP contribution in [0.15, 0.2) is 265 Å². The second kappa shape index (κ2) is 16.2. The molecule has 0 N–H and O–H groups in total.